The minimum atomic E-state index is -4.45. The summed E-state index contributed by atoms with van der Waals surface area (Å²) in [6.45, 7) is 0.610. The van der Waals surface area contributed by atoms with E-state index in [1.165, 1.54) is 22.7 Å². The second-order valence-electron chi connectivity index (χ2n) is 6.19. The van der Waals surface area contributed by atoms with Crippen molar-refractivity contribution >= 4 is 29.0 Å². The van der Waals surface area contributed by atoms with E-state index in [0.29, 0.717) is 22.8 Å². The van der Waals surface area contributed by atoms with Crippen LogP contribution in [0.25, 0.3) is 0 Å². The minimum absolute atomic E-state index is 0.200. The normalized spacial score (nSPS) is 13.6. The summed E-state index contributed by atoms with van der Waals surface area (Å²) in [5.41, 5.74) is 0.192. The lowest BCUT2D eigenvalue weighted by molar-refractivity contribution is -0.857. The van der Waals surface area contributed by atoms with E-state index in [-0.39, 0.29) is 12.3 Å². The molecule has 0 atom stereocenters. The van der Waals surface area contributed by atoms with Gasteiger partial charge in [0.2, 0.25) is 5.91 Å². The van der Waals surface area contributed by atoms with Gasteiger partial charge in [0.1, 0.15) is 0 Å². The van der Waals surface area contributed by atoms with E-state index in [1.54, 1.807) is 12.1 Å². The van der Waals surface area contributed by atoms with Gasteiger partial charge in [0, 0.05) is 9.79 Å². The van der Waals surface area contributed by atoms with Gasteiger partial charge in [0.25, 0.3) is 0 Å². The van der Waals surface area contributed by atoms with E-state index in [4.69, 9.17) is 0 Å². The van der Waals surface area contributed by atoms with Crippen LogP contribution in [0.2, 0.25) is 0 Å². The summed E-state index contributed by atoms with van der Waals surface area (Å²) in [7, 11) is 3.87. The van der Waals surface area contributed by atoms with Gasteiger partial charge in [0.15, 0.2) is 0 Å². The van der Waals surface area contributed by atoms with Crippen molar-refractivity contribution in [3.8, 4) is 0 Å². The van der Waals surface area contributed by atoms with Crippen LogP contribution in [0.15, 0.2) is 52.3 Å². The maximum absolute atomic E-state index is 13.1. The topological polar surface area (TPSA) is 24.8 Å². The molecule has 0 bridgehead atoms. The number of nitrogens with one attached hydrogen (secondary N) is 1. The van der Waals surface area contributed by atoms with Gasteiger partial charge in [-0.15, -0.1) is 0 Å². The Morgan fingerprint density at radius 2 is 1.76 bits per heavy atom. The van der Waals surface area contributed by atoms with E-state index >= 15 is 0 Å². The summed E-state index contributed by atoms with van der Waals surface area (Å²) in [5.74, 6) is -0.200. The highest BCUT2D eigenvalue weighted by Crippen LogP contribution is 2.49. The summed E-state index contributed by atoms with van der Waals surface area (Å²) in [5, 5.41) is 0. The number of para-hydroxylation sites is 1. The molecule has 0 aromatic heterocycles. The number of nitrogens with zero attached hydrogens (tertiary/aromatic N) is 1. The number of hydrogen-bond donors (Lipinski definition) is 1. The van der Waals surface area contributed by atoms with Crippen LogP contribution in [-0.4, -0.2) is 26.5 Å². The van der Waals surface area contributed by atoms with E-state index in [2.05, 4.69) is 0 Å². The first-order valence-electron chi connectivity index (χ1n) is 7.87. The lowest BCUT2D eigenvalue weighted by Gasteiger charge is -2.31. The van der Waals surface area contributed by atoms with Gasteiger partial charge in [-0.05, 0) is 30.3 Å². The molecule has 1 aliphatic heterocycles. The molecule has 0 radical (unpaired) electrons. The Kier molecular flexibility index (Phi) is 4.79. The average molecular weight is 367 g/mol. The van der Waals surface area contributed by atoms with Gasteiger partial charge >= 0.3 is 6.18 Å². The van der Waals surface area contributed by atoms with Crippen molar-refractivity contribution in [1.82, 2.24) is 0 Å². The zero-order valence-corrected chi connectivity index (χ0v) is 14.7. The average Bonchev–Trinajstić information content (AvgIpc) is 2.56. The van der Waals surface area contributed by atoms with Crippen LogP contribution in [0.5, 0.6) is 0 Å². The Labute approximate surface area is 148 Å². The van der Waals surface area contributed by atoms with Crippen LogP contribution >= 0.6 is 11.8 Å². The van der Waals surface area contributed by atoms with E-state index in [1.807, 2.05) is 26.2 Å². The maximum Gasteiger partial charge on any atom is 0.416 e. The lowest BCUT2D eigenvalue weighted by atomic mass is 10.1. The fourth-order valence-corrected chi connectivity index (χ4v) is 3.71. The van der Waals surface area contributed by atoms with Crippen molar-refractivity contribution < 1.29 is 22.9 Å². The number of anilines is 2. The van der Waals surface area contributed by atoms with Gasteiger partial charge in [-0.25, -0.2) is 0 Å². The Balaban J connectivity index is 2.07. The molecule has 1 amide bonds. The SMILES string of the molecule is C[NH+](C)CCC(=O)N1c2ccccc2Sc2ccc(C(F)(F)F)cc21. The fraction of sp³-hybridized carbons (Fsp3) is 0.278. The molecule has 25 heavy (non-hydrogen) atoms. The van der Waals surface area contributed by atoms with Crippen LogP contribution in [0.3, 0.4) is 0 Å². The minimum Gasteiger partial charge on any atom is -0.339 e. The quantitative estimate of drug-likeness (QED) is 0.900. The molecule has 1 heterocycles. The predicted octanol–water partition coefficient (Wildman–Crippen LogP) is 3.37. The number of hydrogen-bond acceptors (Lipinski definition) is 2. The van der Waals surface area contributed by atoms with Gasteiger partial charge < -0.3 is 4.90 Å². The zero-order valence-electron chi connectivity index (χ0n) is 13.9. The highest BCUT2D eigenvalue weighted by Gasteiger charge is 2.34. The molecule has 0 fully saturated rings. The molecule has 0 aliphatic carbocycles. The summed E-state index contributed by atoms with van der Waals surface area (Å²) in [6, 6.07) is 10.9. The van der Waals surface area contributed by atoms with E-state index in [9.17, 15) is 18.0 Å². The third-order valence-electron chi connectivity index (χ3n) is 3.94. The number of carbonyl (C=O) groups is 1. The molecule has 0 spiro atoms. The van der Waals surface area contributed by atoms with Crippen molar-refractivity contribution in [2.45, 2.75) is 22.4 Å². The molecular formula is C18H18F3N2OS+. The Hall–Kier alpha value is -1.99. The molecule has 3 rings (SSSR count). The van der Waals surface area contributed by atoms with Gasteiger partial charge in [-0.1, -0.05) is 23.9 Å². The molecule has 0 unspecified atom stereocenters. The number of amides is 1. The van der Waals surface area contributed by atoms with Crippen molar-refractivity contribution in [2.24, 2.45) is 0 Å². The maximum atomic E-state index is 13.1. The molecule has 3 nitrogen and oxygen atoms in total. The summed E-state index contributed by atoms with van der Waals surface area (Å²) in [6.07, 6.45) is -4.18. The third-order valence-corrected chi connectivity index (χ3v) is 5.07. The Morgan fingerprint density at radius 3 is 2.44 bits per heavy atom. The molecule has 2 aromatic carbocycles. The number of alkyl halides is 3. The first-order valence-corrected chi connectivity index (χ1v) is 8.69. The van der Waals surface area contributed by atoms with Crippen molar-refractivity contribution in [3.63, 3.8) is 0 Å². The van der Waals surface area contributed by atoms with Crippen LogP contribution < -0.4 is 9.80 Å². The van der Waals surface area contributed by atoms with Gasteiger partial charge in [-0.3, -0.25) is 9.69 Å². The van der Waals surface area contributed by atoms with Crippen molar-refractivity contribution in [1.29, 1.82) is 0 Å². The number of benzene rings is 2. The third kappa shape index (κ3) is 3.67. The molecule has 7 heteroatoms. The van der Waals surface area contributed by atoms with Crippen molar-refractivity contribution in [2.75, 3.05) is 25.5 Å². The monoisotopic (exact) mass is 367 g/mol. The molecule has 132 valence electrons. The first-order chi connectivity index (χ1) is 11.8. The summed E-state index contributed by atoms with van der Waals surface area (Å²) < 4.78 is 39.4. The molecule has 2 aromatic rings. The largest absolute Gasteiger partial charge is 0.416 e. The molecule has 0 saturated heterocycles. The van der Waals surface area contributed by atoms with Crippen LogP contribution in [-0.2, 0) is 11.0 Å². The number of halogens is 3. The molecule has 1 N–H and O–H groups in total. The first kappa shape index (κ1) is 17.8. The zero-order chi connectivity index (χ0) is 18.2. The molecule has 0 saturated carbocycles. The number of quaternary nitrogens is 1. The Bertz CT molecular complexity index is 805. The fourth-order valence-electron chi connectivity index (χ4n) is 2.67. The molecular weight excluding hydrogens is 349 g/mol. The van der Waals surface area contributed by atoms with E-state index < -0.39 is 11.7 Å². The highest BCUT2D eigenvalue weighted by atomic mass is 32.2. The van der Waals surface area contributed by atoms with Crippen LogP contribution in [0.1, 0.15) is 12.0 Å². The summed E-state index contributed by atoms with van der Waals surface area (Å²) in [4.78, 5) is 16.9. The second-order valence-corrected chi connectivity index (χ2v) is 7.27. The Morgan fingerprint density at radius 1 is 1.08 bits per heavy atom. The summed E-state index contributed by atoms with van der Waals surface area (Å²) >= 11 is 1.38. The van der Waals surface area contributed by atoms with Crippen LogP contribution in [0.4, 0.5) is 24.5 Å². The van der Waals surface area contributed by atoms with Crippen LogP contribution in [0, 0.1) is 0 Å². The number of rotatable bonds is 3. The number of carbonyl (C=O) groups excluding carboxylic acids is 1. The van der Waals surface area contributed by atoms with E-state index in [0.717, 1.165) is 21.9 Å². The highest BCUT2D eigenvalue weighted by molar-refractivity contribution is 7.99. The van der Waals surface area contributed by atoms with Crippen molar-refractivity contribution in [3.05, 3.63) is 48.0 Å². The lowest BCUT2D eigenvalue weighted by Crippen LogP contribution is -3.05. The molecule has 1 aliphatic rings. The van der Waals surface area contributed by atoms with Gasteiger partial charge in [0.05, 0.1) is 44.0 Å². The smallest absolute Gasteiger partial charge is 0.339 e. The predicted molar refractivity (Wildman–Crippen MR) is 91.4 cm³/mol. The standard InChI is InChI=1S/C18H17F3N2OS/c1-22(2)10-9-17(24)23-13-5-3-4-6-15(13)25-16-8-7-12(11-14(16)23)18(19,20)21/h3-8,11H,9-10H2,1-2H3/p+1. The second kappa shape index (κ2) is 6.72. The number of fused-ring (bicyclic) bond motifs is 2. The van der Waals surface area contributed by atoms with Gasteiger partial charge in [-0.2, -0.15) is 13.2 Å².